The highest BCUT2D eigenvalue weighted by molar-refractivity contribution is 7.89. The Bertz CT molecular complexity index is 942. The van der Waals surface area contributed by atoms with E-state index in [-0.39, 0.29) is 11.4 Å². The van der Waals surface area contributed by atoms with Gasteiger partial charge in [0.2, 0.25) is 15.9 Å². The molecule has 0 aliphatic heterocycles. The molecule has 0 aliphatic rings. The summed E-state index contributed by atoms with van der Waals surface area (Å²) in [6.07, 6.45) is 0. The Morgan fingerprint density at radius 2 is 1.68 bits per heavy atom. The fraction of sp³-hybridized carbons (Fsp3) is 0.263. The first-order chi connectivity index (χ1) is 13.3. The predicted octanol–water partition coefficient (Wildman–Crippen LogP) is 2.74. The first-order valence-corrected chi connectivity index (χ1v) is 10.5. The van der Waals surface area contributed by atoms with Crippen LogP contribution in [0.2, 0.25) is 5.02 Å². The van der Waals surface area contributed by atoms with Crippen LogP contribution in [-0.2, 0) is 14.8 Å². The van der Waals surface area contributed by atoms with Gasteiger partial charge in [0.25, 0.3) is 5.91 Å². The third kappa shape index (κ3) is 5.54. The lowest BCUT2D eigenvalue weighted by Crippen LogP contribution is -2.33. The van der Waals surface area contributed by atoms with Crippen molar-refractivity contribution in [2.24, 2.45) is 0 Å². The Morgan fingerprint density at radius 3 is 2.29 bits per heavy atom. The zero-order chi connectivity index (χ0) is 20.7. The van der Waals surface area contributed by atoms with Crippen molar-refractivity contribution in [2.45, 2.75) is 18.7 Å². The SMILES string of the molecule is CCN(CC)S(=O)(=O)c1cccc(NC(=O)CNC(=O)c2ccc(Cl)cc2)c1. The van der Waals surface area contributed by atoms with Crippen LogP contribution in [0, 0.1) is 0 Å². The van der Waals surface area contributed by atoms with Gasteiger partial charge in [-0.3, -0.25) is 9.59 Å². The molecule has 2 aromatic carbocycles. The normalized spacial score (nSPS) is 11.3. The molecule has 0 unspecified atom stereocenters. The Labute approximate surface area is 169 Å². The van der Waals surface area contributed by atoms with E-state index in [0.717, 1.165) is 0 Å². The van der Waals surface area contributed by atoms with Crippen molar-refractivity contribution in [1.82, 2.24) is 9.62 Å². The summed E-state index contributed by atoms with van der Waals surface area (Å²) < 4.78 is 26.5. The van der Waals surface area contributed by atoms with Gasteiger partial charge in [0.1, 0.15) is 0 Å². The number of carbonyl (C=O) groups excluding carboxylic acids is 2. The maximum atomic E-state index is 12.6. The number of anilines is 1. The van der Waals surface area contributed by atoms with Crippen LogP contribution < -0.4 is 10.6 Å². The number of nitrogens with one attached hydrogen (secondary N) is 2. The van der Waals surface area contributed by atoms with Gasteiger partial charge < -0.3 is 10.6 Å². The molecule has 0 bridgehead atoms. The molecule has 0 aliphatic carbocycles. The minimum atomic E-state index is -3.62. The number of hydrogen-bond donors (Lipinski definition) is 2. The molecule has 0 spiro atoms. The lowest BCUT2D eigenvalue weighted by Gasteiger charge is -2.18. The Hall–Kier alpha value is -2.42. The summed E-state index contributed by atoms with van der Waals surface area (Å²) in [6.45, 7) is 3.97. The quantitative estimate of drug-likeness (QED) is 0.682. The Balaban J connectivity index is 2.01. The van der Waals surface area contributed by atoms with Gasteiger partial charge in [0.15, 0.2) is 0 Å². The number of carbonyl (C=O) groups is 2. The Kier molecular flexibility index (Phi) is 7.56. The van der Waals surface area contributed by atoms with Gasteiger partial charge in [-0.2, -0.15) is 4.31 Å². The molecule has 2 rings (SSSR count). The van der Waals surface area contributed by atoms with Gasteiger partial charge in [-0.15, -0.1) is 0 Å². The van der Waals surface area contributed by atoms with Crippen molar-refractivity contribution in [3.8, 4) is 0 Å². The zero-order valence-corrected chi connectivity index (χ0v) is 17.2. The van der Waals surface area contributed by atoms with Gasteiger partial charge in [0, 0.05) is 29.4 Å². The van der Waals surface area contributed by atoms with E-state index in [4.69, 9.17) is 11.6 Å². The molecule has 0 saturated carbocycles. The van der Waals surface area contributed by atoms with E-state index in [1.807, 2.05) is 0 Å². The van der Waals surface area contributed by atoms with Crippen LogP contribution in [0.3, 0.4) is 0 Å². The van der Waals surface area contributed by atoms with Crippen LogP contribution in [0.4, 0.5) is 5.69 Å². The van der Waals surface area contributed by atoms with Crippen molar-refractivity contribution in [3.63, 3.8) is 0 Å². The maximum absolute atomic E-state index is 12.6. The monoisotopic (exact) mass is 423 g/mol. The smallest absolute Gasteiger partial charge is 0.251 e. The summed E-state index contributed by atoms with van der Waals surface area (Å²) in [5.74, 6) is -0.885. The van der Waals surface area contributed by atoms with Crippen molar-refractivity contribution in [2.75, 3.05) is 25.0 Å². The first kappa shape index (κ1) is 21.9. The van der Waals surface area contributed by atoms with Crippen LogP contribution >= 0.6 is 11.6 Å². The number of amides is 2. The standard InChI is InChI=1S/C19H22ClN3O4S/c1-3-23(4-2)28(26,27)17-7-5-6-16(12-17)22-18(24)13-21-19(25)14-8-10-15(20)11-9-14/h5-12H,3-4,13H2,1-2H3,(H,21,25)(H,22,24). The molecular formula is C19H22ClN3O4S. The highest BCUT2D eigenvalue weighted by Crippen LogP contribution is 2.19. The van der Waals surface area contributed by atoms with Crippen LogP contribution in [0.5, 0.6) is 0 Å². The zero-order valence-electron chi connectivity index (χ0n) is 15.6. The first-order valence-electron chi connectivity index (χ1n) is 8.71. The molecule has 28 heavy (non-hydrogen) atoms. The summed E-state index contributed by atoms with van der Waals surface area (Å²) in [7, 11) is -3.62. The van der Waals surface area contributed by atoms with E-state index in [9.17, 15) is 18.0 Å². The van der Waals surface area contributed by atoms with Gasteiger partial charge >= 0.3 is 0 Å². The summed E-state index contributed by atoms with van der Waals surface area (Å²) >= 11 is 5.78. The molecule has 9 heteroatoms. The summed E-state index contributed by atoms with van der Waals surface area (Å²) in [5, 5.41) is 5.59. The number of benzene rings is 2. The minimum Gasteiger partial charge on any atom is -0.343 e. The molecule has 0 atom stereocenters. The van der Waals surface area contributed by atoms with Crippen molar-refractivity contribution < 1.29 is 18.0 Å². The molecule has 0 aromatic heterocycles. The fourth-order valence-electron chi connectivity index (χ4n) is 2.52. The molecule has 2 amide bonds. The molecule has 0 radical (unpaired) electrons. The maximum Gasteiger partial charge on any atom is 0.251 e. The number of rotatable bonds is 8. The highest BCUT2D eigenvalue weighted by atomic mass is 35.5. The second kappa shape index (κ2) is 9.68. The molecule has 7 nitrogen and oxygen atoms in total. The molecule has 150 valence electrons. The van der Waals surface area contributed by atoms with Crippen molar-refractivity contribution in [1.29, 1.82) is 0 Å². The third-order valence-corrected chi connectivity index (χ3v) is 6.27. The van der Waals surface area contributed by atoms with Gasteiger partial charge in [-0.25, -0.2) is 8.42 Å². The molecule has 2 aromatic rings. The van der Waals surface area contributed by atoms with E-state index < -0.39 is 21.8 Å². The molecule has 0 fully saturated rings. The lowest BCUT2D eigenvalue weighted by molar-refractivity contribution is -0.115. The van der Waals surface area contributed by atoms with E-state index in [1.165, 1.54) is 16.4 Å². The van der Waals surface area contributed by atoms with E-state index in [1.54, 1.807) is 50.2 Å². The van der Waals surface area contributed by atoms with Crippen LogP contribution in [0.15, 0.2) is 53.4 Å². The van der Waals surface area contributed by atoms with E-state index in [2.05, 4.69) is 10.6 Å². The Morgan fingerprint density at radius 1 is 1.04 bits per heavy atom. The molecule has 0 heterocycles. The summed E-state index contributed by atoms with van der Waals surface area (Å²) in [5.41, 5.74) is 0.712. The topological polar surface area (TPSA) is 95.6 Å². The number of nitrogens with zero attached hydrogens (tertiary/aromatic N) is 1. The predicted molar refractivity (Wildman–Crippen MR) is 109 cm³/mol. The fourth-order valence-corrected chi connectivity index (χ4v) is 4.15. The van der Waals surface area contributed by atoms with Gasteiger partial charge in [0.05, 0.1) is 11.4 Å². The average molecular weight is 424 g/mol. The van der Waals surface area contributed by atoms with Gasteiger partial charge in [-0.05, 0) is 42.5 Å². The minimum absolute atomic E-state index is 0.0965. The van der Waals surface area contributed by atoms with Crippen LogP contribution in [0.1, 0.15) is 24.2 Å². The van der Waals surface area contributed by atoms with Crippen molar-refractivity contribution in [3.05, 3.63) is 59.1 Å². The van der Waals surface area contributed by atoms with Gasteiger partial charge in [-0.1, -0.05) is 31.5 Å². The second-order valence-electron chi connectivity index (χ2n) is 5.85. The summed E-state index contributed by atoms with van der Waals surface area (Å²) in [4.78, 5) is 24.2. The molecular weight excluding hydrogens is 402 g/mol. The van der Waals surface area contributed by atoms with Crippen LogP contribution in [0.25, 0.3) is 0 Å². The highest BCUT2D eigenvalue weighted by Gasteiger charge is 2.21. The van der Waals surface area contributed by atoms with E-state index >= 15 is 0 Å². The third-order valence-electron chi connectivity index (χ3n) is 3.98. The second-order valence-corrected chi connectivity index (χ2v) is 8.23. The number of halogens is 1. The van der Waals surface area contributed by atoms with Crippen molar-refractivity contribution >= 4 is 39.1 Å². The van der Waals surface area contributed by atoms with E-state index in [0.29, 0.717) is 29.4 Å². The largest absolute Gasteiger partial charge is 0.343 e. The molecule has 2 N–H and O–H groups in total. The lowest BCUT2D eigenvalue weighted by atomic mass is 10.2. The van der Waals surface area contributed by atoms with Crippen LogP contribution in [-0.4, -0.2) is 44.2 Å². The number of hydrogen-bond acceptors (Lipinski definition) is 4. The molecule has 0 saturated heterocycles. The summed E-state index contributed by atoms with van der Waals surface area (Å²) in [6, 6.07) is 12.3. The average Bonchev–Trinajstić information content (AvgIpc) is 2.67. The number of sulfonamides is 1.